The molecule has 2 N–H and O–H groups in total. The van der Waals surface area contributed by atoms with Gasteiger partial charge in [0, 0.05) is 29.8 Å². The smallest absolute Gasteiger partial charge is 0.0867 e. The van der Waals surface area contributed by atoms with Gasteiger partial charge < -0.3 is 15.2 Å². The fourth-order valence-electron chi connectivity index (χ4n) is 1.52. The molecule has 0 saturated heterocycles. The SMILES string of the molecule is CCOCC(O)CSc1ccc(CNC(C)C)cc1. The highest BCUT2D eigenvalue weighted by Gasteiger charge is 2.05. The molecule has 1 atom stereocenters. The predicted molar refractivity (Wildman–Crippen MR) is 81.6 cm³/mol. The van der Waals surface area contributed by atoms with E-state index in [1.807, 2.05) is 6.92 Å². The zero-order valence-corrected chi connectivity index (χ0v) is 12.9. The molecule has 0 amide bonds. The van der Waals surface area contributed by atoms with Gasteiger partial charge in [0.25, 0.3) is 0 Å². The number of hydrogen-bond acceptors (Lipinski definition) is 4. The maximum absolute atomic E-state index is 9.69. The van der Waals surface area contributed by atoms with E-state index < -0.39 is 6.10 Å². The van der Waals surface area contributed by atoms with Gasteiger partial charge in [0.1, 0.15) is 0 Å². The number of nitrogens with one attached hydrogen (secondary N) is 1. The molecule has 0 radical (unpaired) electrons. The van der Waals surface area contributed by atoms with Crippen molar-refractivity contribution in [3.63, 3.8) is 0 Å². The standard InChI is InChI=1S/C15H25NO2S/c1-4-18-10-14(17)11-19-15-7-5-13(6-8-15)9-16-12(2)3/h5-8,12,14,16-17H,4,9-11H2,1-3H3. The lowest BCUT2D eigenvalue weighted by Crippen LogP contribution is -2.21. The van der Waals surface area contributed by atoms with Gasteiger partial charge in [-0.15, -0.1) is 11.8 Å². The second-order valence-corrected chi connectivity index (χ2v) is 5.90. The Kier molecular flexibility index (Phi) is 8.14. The van der Waals surface area contributed by atoms with Crippen LogP contribution in [0.2, 0.25) is 0 Å². The van der Waals surface area contributed by atoms with Crippen LogP contribution in [0.15, 0.2) is 29.2 Å². The number of hydrogen-bond donors (Lipinski definition) is 2. The summed E-state index contributed by atoms with van der Waals surface area (Å²) in [5, 5.41) is 13.1. The summed E-state index contributed by atoms with van der Waals surface area (Å²) in [6.45, 7) is 8.19. The topological polar surface area (TPSA) is 41.5 Å². The Morgan fingerprint density at radius 3 is 2.53 bits per heavy atom. The number of aliphatic hydroxyl groups is 1. The lowest BCUT2D eigenvalue weighted by atomic mass is 10.2. The molecule has 4 heteroatoms. The number of thioether (sulfide) groups is 1. The highest BCUT2D eigenvalue weighted by Crippen LogP contribution is 2.19. The van der Waals surface area contributed by atoms with Crippen LogP contribution < -0.4 is 5.32 Å². The Morgan fingerprint density at radius 1 is 1.26 bits per heavy atom. The molecule has 108 valence electrons. The van der Waals surface area contributed by atoms with E-state index in [0.717, 1.165) is 6.54 Å². The molecule has 0 bridgehead atoms. The van der Waals surface area contributed by atoms with Crippen LogP contribution in [0.5, 0.6) is 0 Å². The number of aliphatic hydroxyl groups excluding tert-OH is 1. The summed E-state index contributed by atoms with van der Waals surface area (Å²) < 4.78 is 5.19. The number of benzene rings is 1. The average molecular weight is 283 g/mol. The second-order valence-electron chi connectivity index (χ2n) is 4.80. The van der Waals surface area contributed by atoms with Gasteiger partial charge in [0.05, 0.1) is 12.7 Å². The zero-order chi connectivity index (χ0) is 14.1. The van der Waals surface area contributed by atoms with Crippen LogP contribution in [0, 0.1) is 0 Å². The van der Waals surface area contributed by atoms with Crippen LogP contribution in [0.1, 0.15) is 26.3 Å². The summed E-state index contributed by atoms with van der Waals surface area (Å²) >= 11 is 1.66. The molecular formula is C15H25NO2S. The Labute approximate surface area is 120 Å². The van der Waals surface area contributed by atoms with Crippen molar-refractivity contribution < 1.29 is 9.84 Å². The molecule has 1 rings (SSSR count). The van der Waals surface area contributed by atoms with Gasteiger partial charge in [-0.05, 0) is 24.6 Å². The quantitative estimate of drug-likeness (QED) is 0.684. The van der Waals surface area contributed by atoms with E-state index in [4.69, 9.17) is 4.74 Å². The van der Waals surface area contributed by atoms with Gasteiger partial charge in [-0.1, -0.05) is 26.0 Å². The van der Waals surface area contributed by atoms with Gasteiger partial charge >= 0.3 is 0 Å². The fourth-order valence-corrected chi connectivity index (χ4v) is 2.33. The Hall–Kier alpha value is -0.550. The lowest BCUT2D eigenvalue weighted by molar-refractivity contribution is 0.0551. The summed E-state index contributed by atoms with van der Waals surface area (Å²) in [6, 6.07) is 8.98. The molecule has 1 unspecified atom stereocenters. The third kappa shape index (κ3) is 7.57. The number of ether oxygens (including phenoxy) is 1. The van der Waals surface area contributed by atoms with Crippen LogP contribution >= 0.6 is 11.8 Å². The van der Waals surface area contributed by atoms with Gasteiger partial charge in [0.2, 0.25) is 0 Å². The minimum atomic E-state index is -0.396. The van der Waals surface area contributed by atoms with E-state index in [2.05, 4.69) is 43.4 Å². The Morgan fingerprint density at radius 2 is 1.95 bits per heavy atom. The van der Waals surface area contributed by atoms with Crippen LogP contribution in [-0.4, -0.2) is 36.2 Å². The minimum Gasteiger partial charge on any atom is -0.390 e. The van der Waals surface area contributed by atoms with Crippen molar-refractivity contribution in [1.82, 2.24) is 5.32 Å². The molecule has 0 fully saturated rings. The maximum Gasteiger partial charge on any atom is 0.0867 e. The summed E-state index contributed by atoms with van der Waals surface area (Å²) in [5.41, 5.74) is 1.29. The highest BCUT2D eigenvalue weighted by molar-refractivity contribution is 7.99. The normalized spacial score (nSPS) is 12.9. The van der Waals surface area contributed by atoms with Crippen molar-refractivity contribution in [2.75, 3.05) is 19.0 Å². The van der Waals surface area contributed by atoms with Gasteiger partial charge in [0.15, 0.2) is 0 Å². The van der Waals surface area contributed by atoms with Crippen molar-refractivity contribution in [2.45, 2.75) is 44.4 Å². The zero-order valence-electron chi connectivity index (χ0n) is 12.1. The largest absolute Gasteiger partial charge is 0.390 e. The molecule has 3 nitrogen and oxygen atoms in total. The summed E-state index contributed by atoms with van der Waals surface area (Å²) in [6.07, 6.45) is -0.396. The predicted octanol–water partition coefficient (Wildman–Crippen LogP) is 2.67. The van der Waals surface area contributed by atoms with Crippen molar-refractivity contribution in [2.24, 2.45) is 0 Å². The molecule has 1 aromatic rings. The van der Waals surface area contributed by atoms with E-state index in [1.54, 1.807) is 11.8 Å². The molecule has 1 aromatic carbocycles. The fraction of sp³-hybridized carbons (Fsp3) is 0.600. The van der Waals surface area contributed by atoms with Crippen molar-refractivity contribution in [1.29, 1.82) is 0 Å². The van der Waals surface area contributed by atoms with Crippen LogP contribution in [0.3, 0.4) is 0 Å². The van der Waals surface area contributed by atoms with Gasteiger partial charge in [-0.3, -0.25) is 0 Å². The van der Waals surface area contributed by atoms with E-state index in [0.29, 0.717) is 25.0 Å². The lowest BCUT2D eigenvalue weighted by Gasteiger charge is -2.11. The maximum atomic E-state index is 9.69. The first-order chi connectivity index (χ1) is 9.11. The van der Waals surface area contributed by atoms with Crippen LogP contribution in [-0.2, 0) is 11.3 Å². The first kappa shape index (κ1) is 16.5. The first-order valence-corrected chi connectivity index (χ1v) is 7.81. The molecule has 0 aliphatic carbocycles. The Balaban J connectivity index is 2.31. The summed E-state index contributed by atoms with van der Waals surface area (Å²) in [7, 11) is 0. The van der Waals surface area contributed by atoms with Gasteiger partial charge in [-0.2, -0.15) is 0 Å². The van der Waals surface area contributed by atoms with Crippen LogP contribution in [0.4, 0.5) is 0 Å². The molecule has 19 heavy (non-hydrogen) atoms. The van der Waals surface area contributed by atoms with E-state index in [-0.39, 0.29) is 0 Å². The minimum absolute atomic E-state index is 0.396. The number of rotatable bonds is 9. The van der Waals surface area contributed by atoms with Gasteiger partial charge in [-0.25, -0.2) is 0 Å². The molecule has 0 spiro atoms. The monoisotopic (exact) mass is 283 g/mol. The molecule has 0 heterocycles. The third-order valence-electron chi connectivity index (χ3n) is 2.59. The molecule has 0 aromatic heterocycles. The molecule has 0 aliphatic heterocycles. The van der Waals surface area contributed by atoms with E-state index >= 15 is 0 Å². The second kappa shape index (κ2) is 9.37. The Bertz CT molecular complexity index is 341. The van der Waals surface area contributed by atoms with Crippen molar-refractivity contribution >= 4 is 11.8 Å². The first-order valence-electron chi connectivity index (χ1n) is 6.82. The van der Waals surface area contributed by atoms with Crippen LogP contribution in [0.25, 0.3) is 0 Å². The molecule has 0 aliphatic rings. The highest BCUT2D eigenvalue weighted by atomic mass is 32.2. The van der Waals surface area contributed by atoms with Crippen molar-refractivity contribution in [3.8, 4) is 0 Å². The molecular weight excluding hydrogens is 258 g/mol. The van der Waals surface area contributed by atoms with E-state index in [1.165, 1.54) is 10.5 Å². The van der Waals surface area contributed by atoms with E-state index in [9.17, 15) is 5.11 Å². The van der Waals surface area contributed by atoms with Crippen molar-refractivity contribution in [3.05, 3.63) is 29.8 Å². The summed E-state index contributed by atoms with van der Waals surface area (Å²) in [4.78, 5) is 1.18. The molecule has 0 saturated carbocycles. The average Bonchev–Trinajstić information content (AvgIpc) is 2.41. The summed E-state index contributed by atoms with van der Waals surface area (Å²) in [5.74, 6) is 0.670. The third-order valence-corrected chi connectivity index (χ3v) is 3.75.